The first-order valence-corrected chi connectivity index (χ1v) is 5.18. The van der Waals surface area contributed by atoms with Crippen LogP contribution in [0.5, 0.6) is 0 Å². The first-order valence-electron chi connectivity index (χ1n) is 3.60. The van der Waals surface area contributed by atoms with E-state index in [1.54, 1.807) is 0 Å². The molecule has 0 radical (unpaired) electrons. The highest BCUT2D eigenvalue weighted by Gasteiger charge is 2.25. The molecule has 0 aromatic heterocycles. The molecular formula is C8H4Br2F2O3. The molecule has 0 heterocycles. The highest BCUT2D eigenvalue weighted by molar-refractivity contribution is 9.13. The van der Waals surface area contributed by atoms with Crippen molar-refractivity contribution in [2.75, 3.05) is 0 Å². The number of aliphatic hydroxyl groups excluding tert-OH is 1. The maximum absolute atomic E-state index is 13.2. The quantitative estimate of drug-likeness (QED) is 0.640. The number of carbonyl (C=O) groups is 1. The Morgan fingerprint density at radius 2 is 1.87 bits per heavy atom. The van der Waals surface area contributed by atoms with Crippen molar-refractivity contribution in [2.45, 2.75) is 6.10 Å². The summed E-state index contributed by atoms with van der Waals surface area (Å²) in [5.74, 6) is -4.29. The molecule has 1 aromatic carbocycles. The molecule has 0 aliphatic rings. The van der Waals surface area contributed by atoms with E-state index in [1.807, 2.05) is 0 Å². The Morgan fingerprint density at radius 1 is 1.33 bits per heavy atom. The number of halogens is 4. The second-order valence-electron chi connectivity index (χ2n) is 2.63. The lowest BCUT2D eigenvalue weighted by Crippen LogP contribution is -2.13. The summed E-state index contributed by atoms with van der Waals surface area (Å²) in [4.78, 5) is 10.4. The van der Waals surface area contributed by atoms with E-state index in [1.165, 1.54) is 0 Å². The molecule has 0 saturated heterocycles. The third-order valence-electron chi connectivity index (χ3n) is 1.66. The Hall–Kier alpha value is -0.530. The van der Waals surface area contributed by atoms with E-state index in [2.05, 4.69) is 31.9 Å². The van der Waals surface area contributed by atoms with Crippen LogP contribution in [0.25, 0.3) is 0 Å². The normalized spacial score (nSPS) is 12.6. The van der Waals surface area contributed by atoms with Crippen molar-refractivity contribution >= 4 is 37.8 Å². The van der Waals surface area contributed by atoms with Crippen molar-refractivity contribution in [3.8, 4) is 0 Å². The van der Waals surface area contributed by atoms with Crippen LogP contribution in [-0.4, -0.2) is 16.2 Å². The Kier molecular flexibility index (Phi) is 3.80. The summed E-state index contributed by atoms with van der Waals surface area (Å²) in [6.45, 7) is 0. The van der Waals surface area contributed by atoms with Crippen LogP contribution in [0, 0.1) is 11.6 Å². The van der Waals surface area contributed by atoms with Gasteiger partial charge in [-0.3, -0.25) is 0 Å². The van der Waals surface area contributed by atoms with Crippen molar-refractivity contribution in [3.05, 3.63) is 32.2 Å². The van der Waals surface area contributed by atoms with E-state index in [-0.39, 0.29) is 8.95 Å². The lowest BCUT2D eigenvalue weighted by atomic mass is 10.1. The number of carboxylic acid groups (broad SMARTS) is 1. The summed E-state index contributed by atoms with van der Waals surface area (Å²) < 4.78 is 26.3. The largest absolute Gasteiger partial charge is 0.479 e. The zero-order chi connectivity index (χ0) is 11.7. The van der Waals surface area contributed by atoms with Gasteiger partial charge in [-0.2, -0.15) is 0 Å². The molecule has 0 bridgehead atoms. The summed E-state index contributed by atoms with van der Waals surface area (Å²) >= 11 is 5.65. The molecule has 3 nitrogen and oxygen atoms in total. The minimum atomic E-state index is -2.09. The van der Waals surface area contributed by atoms with Crippen LogP contribution in [0.2, 0.25) is 0 Å². The minimum Gasteiger partial charge on any atom is -0.479 e. The molecule has 0 amide bonds. The summed E-state index contributed by atoms with van der Waals surface area (Å²) in [5, 5.41) is 17.5. The van der Waals surface area contributed by atoms with Gasteiger partial charge in [-0.05, 0) is 37.9 Å². The standard InChI is InChI=1S/C8H4Br2F2O3/c9-3-1-2(7(13)8(14)15)5(11)6(12)4(3)10/h1,7,13H,(H,14,15). The van der Waals surface area contributed by atoms with Crippen LogP contribution in [0.4, 0.5) is 8.78 Å². The fourth-order valence-corrected chi connectivity index (χ4v) is 1.63. The van der Waals surface area contributed by atoms with Gasteiger partial charge in [0, 0.05) is 10.0 Å². The van der Waals surface area contributed by atoms with E-state index >= 15 is 0 Å². The summed E-state index contributed by atoms with van der Waals surface area (Å²) in [6, 6.07) is 1.00. The van der Waals surface area contributed by atoms with Crippen molar-refractivity contribution in [2.24, 2.45) is 0 Å². The molecule has 15 heavy (non-hydrogen) atoms. The first kappa shape index (κ1) is 12.5. The van der Waals surface area contributed by atoms with Gasteiger partial charge in [0.15, 0.2) is 17.7 Å². The molecule has 1 unspecified atom stereocenters. The van der Waals surface area contributed by atoms with Crippen molar-refractivity contribution in [1.29, 1.82) is 0 Å². The summed E-state index contributed by atoms with van der Waals surface area (Å²) in [5.41, 5.74) is -0.630. The maximum Gasteiger partial charge on any atom is 0.337 e. The summed E-state index contributed by atoms with van der Waals surface area (Å²) in [7, 11) is 0. The van der Waals surface area contributed by atoms with Gasteiger partial charge in [-0.25, -0.2) is 13.6 Å². The van der Waals surface area contributed by atoms with Gasteiger partial charge in [0.2, 0.25) is 0 Å². The van der Waals surface area contributed by atoms with Crippen molar-refractivity contribution < 1.29 is 23.8 Å². The second-order valence-corrected chi connectivity index (χ2v) is 4.28. The molecule has 1 rings (SSSR count). The van der Waals surface area contributed by atoms with Crippen LogP contribution < -0.4 is 0 Å². The number of hydrogen-bond acceptors (Lipinski definition) is 2. The highest BCUT2D eigenvalue weighted by atomic mass is 79.9. The molecule has 82 valence electrons. The molecule has 0 spiro atoms. The molecule has 1 atom stereocenters. The van der Waals surface area contributed by atoms with Gasteiger partial charge in [0.25, 0.3) is 0 Å². The predicted molar refractivity (Wildman–Crippen MR) is 54.4 cm³/mol. The smallest absolute Gasteiger partial charge is 0.337 e. The lowest BCUT2D eigenvalue weighted by molar-refractivity contribution is -0.147. The number of hydrogen-bond donors (Lipinski definition) is 2. The first-order chi connectivity index (χ1) is 6.86. The van der Waals surface area contributed by atoms with E-state index in [0.29, 0.717) is 0 Å². The van der Waals surface area contributed by atoms with Crippen LogP contribution in [0.3, 0.4) is 0 Å². The number of carboxylic acids is 1. The second kappa shape index (κ2) is 4.54. The molecule has 2 N–H and O–H groups in total. The van der Waals surface area contributed by atoms with E-state index in [4.69, 9.17) is 10.2 Å². The molecule has 0 saturated carbocycles. The van der Waals surface area contributed by atoms with Crippen molar-refractivity contribution in [3.63, 3.8) is 0 Å². The van der Waals surface area contributed by atoms with Gasteiger partial charge in [0.05, 0.1) is 4.47 Å². The Balaban J connectivity index is 3.38. The Morgan fingerprint density at radius 3 is 2.33 bits per heavy atom. The summed E-state index contributed by atoms with van der Waals surface area (Å²) in [6.07, 6.45) is -2.09. The maximum atomic E-state index is 13.2. The predicted octanol–water partition coefficient (Wildman–Crippen LogP) is 2.61. The lowest BCUT2D eigenvalue weighted by Gasteiger charge is -2.09. The van der Waals surface area contributed by atoms with Gasteiger partial charge in [0.1, 0.15) is 0 Å². The number of benzene rings is 1. The van der Waals surface area contributed by atoms with Crippen LogP contribution in [0.1, 0.15) is 11.7 Å². The third kappa shape index (κ3) is 2.35. The average Bonchev–Trinajstić information content (AvgIpc) is 2.19. The third-order valence-corrected chi connectivity index (χ3v) is 3.59. The molecule has 7 heteroatoms. The molecule has 0 fully saturated rings. The minimum absolute atomic E-state index is 0.122. The SMILES string of the molecule is O=C(O)C(O)c1cc(Br)c(Br)c(F)c1F. The van der Waals surface area contributed by atoms with Crippen LogP contribution in [-0.2, 0) is 4.79 Å². The average molecular weight is 346 g/mol. The van der Waals surface area contributed by atoms with E-state index < -0.39 is 29.3 Å². The fraction of sp³-hybridized carbons (Fsp3) is 0.125. The Bertz CT molecular complexity index is 423. The van der Waals surface area contributed by atoms with Gasteiger partial charge in [-0.15, -0.1) is 0 Å². The Labute approximate surface area is 100.0 Å². The monoisotopic (exact) mass is 344 g/mol. The number of rotatable bonds is 2. The van der Waals surface area contributed by atoms with E-state index in [9.17, 15) is 13.6 Å². The van der Waals surface area contributed by atoms with Gasteiger partial charge < -0.3 is 10.2 Å². The highest BCUT2D eigenvalue weighted by Crippen LogP contribution is 2.32. The van der Waals surface area contributed by atoms with Gasteiger partial charge >= 0.3 is 5.97 Å². The number of aliphatic carboxylic acids is 1. The van der Waals surface area contributed by atoms with E-state index in [0.717, 1.165) is 6.07 Å². The van der Waals surface area contributed by atoms with Crippen molar-refractivity contribution in [1.82, 2.24) is 0 Å². The van der Waals surface area contributed by atoms with Gasteiger partial charge in [-0.1, -0.05) is 0 Å². The zero-order valence-electron chi connectivity index (χ0n) is 6.97. The fourth-order valence-electron chi connectivity index (χ4n) is 0.923. The van der Waals surface area contributed by atoms with Crippen LogP contribution >= 0.6 is 31.9 Å². The molecular weight excluding hydrogens is 342 g/mol. The molecule has 0 aliphatic heterocycles. The zero-order valence-corrected chi connectivity index (χ0v) is 10.1. The molecule has 1 aromatic rings. The van der Waals surface area contributed by atoms with Crippen LogP contribution in [0.15, 0.2) is 15.0 Å². The topological polar surface area (TPSA) is 57.5 Å². The molecule has 0 aliphatic carbocycles. The number of aliphatic hydroxyl groups is 1.